The molecule has 0 bridgehead atoms. The number of nitrogens with one attached hydrogen (secondary N) is 1. The predicted octanol–water partition coefficient (Wildman–Crippen LogP) is 4.21. The molecular formula is C19H20N2O2. The van der Waals surface area contributed by atoms with E-state index in [0.717, 1.165) is 32.6 Å². The van der Waals surface area contributed by atoms with Crippen molar-refractivity contribution >= 4 is 27.2 Å². The number of fused-ring (bicyclic) bond motifs is 3. The Morgan fingerprint density at radius 1 is 0.826 bits per heavy atom. The van der Waals surface area contributed by atoms with Gasteiger partial charge in [-0.05, 0) is 30.7 Å². The maximum atomic E-state index is 5.42. The van der Waals surface area contributed by atoms with E-state index in [1.807, 2.05) is 44.2 Å². The van der Waals surface area contributed by atoms with E-state index in [1.165, 1.54) is 0 Å². The predicted molar refractivity (Wildman–Crippen MR) is 93.9 cm³/mol. The second-order valence-corrected chi connectivity index (χ2v) is 5.08. The van der Waals surface area contributed by atoms with Crippen molar-refractivity contribution in [2.24, 2.45) is 5.16 Å². The fourth-order valence-electron chi connectivity index (χ4n) is 2.63. The van der Waals surface area contributed by atoms with E-state index in [2.05, 4.69) is 34.9 Å². The fourth-order valence-corrected chi connectivity index (χ4v) is 2.63. The van der Waals surface area contributed by atoms with Gasteiger partial charge in [0.1, 0.15) is 12.0 Å². The molecule has 0 amide bonds. The molecule has 23 heavy (non-hydrogen) atoms. The molecule has 118 valence electrons. The molecule has 0 aromatic heterocycles. The minimum Gasteiger partial charge on any atom is -0.396 e. The highest BCUT2D eigenvalue weighted by atomic mass is 16.6. The van der Waals surface area contributed by atoms with Crippen molar-refractivity contribution in [3.05, 3.63) is 60.0 Å². The third-order valence-electron chi connectivity index (χ3n) is 3.61. The van der Waals surface area contributed by atoms with E-state index in [1.54, 1.807) is 0 Å². The van der Waals surface area contributed by atoms with Crippen molar-refractivity contribution in [3.8, 4) is 0 Å². The number of rotatable bonds is 5. The zero-order valence-electron chi connectivity index (χ0n) is 13.4. The monoisotopic (exact) mass is 308 g/mol. The average Bonchev–Trinajstić information content (AvgIpc) is 2.74. The second-order valence-electron chi connectivity index (χ2n) is 5.08. The fraction of sp³-hybridized carbons (Fsp3) is 0.211. The van der Waals surface area contributed by atoms with Crippen LogP contribution in [0.2, 0.25) is 0 Å². The number of benzene rings is 2. The van der Waals surface area contributed by atoms with Crippen LogP contribution < -0.4 is 10.8 Å². The highest BCUT2D eigenvalue weighted by molar-refractivity contribution is 6.09. The summed E-state index contributed by atoms with van der Waals surface area (Å²) in [5, 5.41) is 9.46. The average molecular weight is 308 g/mol. The van der Waals surface area contributed by atoms with Gasteiger partial charge in [-0.3, -0.25) is 10.3 Å². The summed E-state index contributed by atoms with van der Waals surface area (Å²) in [5.74, 6) is 0. The molecular weight excluding hydrogens is 288 g/mol. The lowest BCUT2D eigenvalue weighted by Gasteiger charge is -2.05. The molecule has 0 radical (unpaired) electrons. The maximum Gasteiger partial charge on any atom is 0.114 e. The van der Waals surface area contributed by atoms with Crippen molar-refractivity contribution in [2.45, 2.75) is 13.8 Å². The molecule has 0 aliphatic heterocycles. The third-order valence-corrected chi connectivity index (χ3v) is 3.61. The van der Waals surface area contributed by atoms with E-state index in [0.29, 0.717) is 13.2 Å². The Bertz CT molecular complexity index is 891. The largest absolute Gasteiger partial charge is 0.396 e. The summed E-state index contributed by atoms with van der Waals surface area (Å²) in [6, 6.07) is 18.4. The van der Waals surface area contributed by atoms with Gasteiger partial charge in [-0.15, -0.1) is 0 Å². The minimum absolute atomic E-state index is 0.528. The molecule has 4 nitrogen and oxygen atoms in total. The van der Waals surface area contributed by atoms with Gasteiger partial charge in [-0.1, -0.05) is 53.7 Å². The van der Waals surface area contributed by atoms with Gasteiger partial charge in [0.2, 0.25) is 0 Å². The molecule has 0 aliphatic carbocycles. The summed E-state index contributed by atoms with van der Waals surface area (Å²) in [4.78, 5) is 10.7. The molecule has 0 heterocycles. The van der Waals surface area contributed by atoms with Crippen molar-refractivity contribution < 1.29 is 9.68 Å². The quantitative estimate of drug-likeness (QED) is 0.718. The van der Waals surface area contributed by atoms with Crippen molar-refractivity contribution in [2.75, 3.05) is 18.7 Å². The molecule has 0 saturated carbocycles. The Kier molecular flexibility index (Phi) is 4.74. The van der Waals surface area contributed by atoms with Crippen LogP contribution in [0, 0.1) is 0 Å². The first-order valence-corrected chi connectivity index (χ1v) is 7.83. The number of nitrogens with zero attached hydrogens (tertiary/aromatic N) is 1. The minimum atomic E-state index is 0.528. The van der Waals surface area contributed by atoms with Crippen LogP contribution in [-0.4, -0.2) is 13.2 Å². The first kappa shape index (κ1) is 15.3. The number of anilines is 1. The highest BCUT2D eigenvalue weighted by Gasteiger charge is 2.06. The van der Waals surface area contributed by atoms with Crippen LogP contribution in [0.3, 0.4) is 0 Å². The topological polar surface area (TPSA) is 42.8 Å². The van der Waals surface area contributed by atoms with Crippen LogP contribution in [0.5, 0.6) is 0 Å². The van der Waals surface area contributed by atoms with Gasteiger partial charge in [0.15, 0.2) is 0 Å². The maximum absolute atomic E-state index is 5.42. The SMILES string of the molecule is CCON=c1cc(NOCC)c2ccccc2c2ccccc12. The molecule has 0 aliphatic rings. The number of hydrogen-bond donors (Lipinski definition) is 1. The Balaban J connectivity index is 2.45. The molecule has 3 rings (SSSR count). The first-order valence-electron chi connectivity index (χ1n) is 7.83. The van der Waals surface area contributed by atoms with E-state index in [9.17, 15) is 0 Å². The molecule has 0 spiro atoms. The zero-order valence-corrected chi connectivity index (χ0v) is 13.4. The molecule has 1 N–H and O–H groups in total. The lowest BCUT2D eigenvalue weighted by Crippen LogP contribution is -2.05. The van der Waals surface area contributed by atoms with Gasteiger partial charge < -0.3 is 4.84 Å². The van der Waals surface area contributed by atoms with Gasteiger partial charge in [0.25, 0.3) is 0 Å². The standard InChI is InChI=1S/C19H20N2O2/c1-3-22-20-18-13-19(21-23-4-2)17-12-8-6-10-15(17)14-9-5-7-11-16(14)18/h5-13,20H,3-4H2,1-2H3. The molecule has 0 unspecified atom stereocenters. The van der Waals surface area contributed by atoms with E-state index in [4.69, 9.17) is 9.68 Å². The van der Waals surface area contributed by atoms with E-state index in [-0.39, 0.29) is 0 Å². The smallest absolute Gasteiger partial charge is 0.114 e. The summed E-state index contributed by atoms with van der Waals surface area (Å²) < 4.78 is 0. The van der Waals surface area contributed by atoms with Crippen LogP contribution in [0.15, 0.2) is 59.8 Å². The zero-order chi connectivity index (χ0) is 16.1. The second kappa shape index (κ2) is 7.11. The summed E-state index contributed by atoms with van der Waals surface area (Å²) in [6.45, 7) is 4.97. The molecule has 0 saturated heterocycles. The van der Waals surface area contributed by atoms with Gasteiger partial charge >= 0.3 is 0 Å². The Morgan fingerprint density at radius 3 is 2.09 bits per heavy atom. The Morgan fingerprint density at radius 2 is 1.43 bits per heavy atom. The van der Waals surface area contributed by atoms with E-state index >= 15 is 0 Å². The highest BCUT2D eigenvalue weighted by Crippen LogP contribution is 2.27. The molecule has 4 heteroatoms. The molecule has 3 aromatic rings. The van der Waals surface area contributed by atoms with Gasteiger partial charge in [0, 0.05) is 10.8 Å². The van der Waals surface area contributed by atoms with Crippen molar-refractivity contribution in [1.82, 2.24) is 0 Å². The van der Waals surface area contributed by atoms with Crippen molar-refractivity contribution in [1.29, 1.82) is 0 Å². The van der Waals surface area contributed by atoms with Crippen LogP contribution >= 0.6 is 0 Å². The lowest BCUT2D eigenvalue weighted by molar-refractivity contribution is 0.148. The van der Waals surface area contributed by atoms with Crippen LogP contribution in [0.25, 0.3) is 21.5 Å². The summed E-state index contributed by atoms with van der Waals surface area (Å²) >= 11 is 0. The lowest BCUT2D eigenvalue weighted by atomic mass is 10.1. The summed E-state index contributed by atoms with van der Waals surface area (Å²) in [7, 11) is 0. The molecule has 0 fully saturated rings. The summed E-state index contributed by atoms with van der Waals surface area (Å²) in [5.41, 5.74) is 3.91. The van der Waals surface area contributed by atoms with Gasteiger partial charge in [-0.2, -0.15) is 0 Å². The van der Waals surface area contributed by atoms with Crippen molar-refractivity contribution in [3.63, 3.8) is 0 Å². The van der Waals surface area contributed by atoms with Crippen LogP contribution in [-0.2, 0) is 9.68 Å². The van der Waals surface area contributed by atoms with Crippen LogP contribution in [0.4, 0.5) is 5.69 Å². The Labute approximate surface area is 135 Å². The molecule has 3 aromatic carbocycles. The first-order chi connectivity index (χ1) is 11.3. The van der Waals surface area contributed by atoms with Gasteiger partial charge in [-0.25, -0.2) is 0 Å². The van der Waals surface area contributed by atoms with Gasteiger partial charge in [0.05, 0.1) is 12.3 Å². The normalized spacial score (nSPS) is 11.8. The van der Waals surface area contributed by atoms with E-state index < -0.39 is 0 Å². The number of hydrogen-bond acceptors (Lipinski definition) is 4. The Hall–Kier alpha value is -2.59. The third kappa shape index (κ3) is 3.12. The molecule has 0 atom stereocenters. The summed E-state index contributed by atoms with van der Waals surface area (Å²) in [6.07, 6.45) is 0. The van der Waals surface area contributed by atoms with Crippen LogP contribution in [0.1, 0.15) is 13.8 Å².